The Kier molecular flexibility index (Phi) is 4.55. The number of hydrogen-bond donors (Lipinski definition) is 0. The molecule has 0 aromatic carbocycles. The number of amides is 1. The van der Waals surface area contributed by atoms with Crippen LogP contribution in [-0.2, 0) is 16.2 Å². The van der Waals surface area contributed by atoms with Gasteiger partial charge in [0, 0.05) is 37.9 Å². The van der Waals surface area contributed by atoms with Gasteiger partial charge in [0.2, 0.25) is 5.91 Å². The first kappa shape index (κ1) is 16.0. The van der Waals surface area contributed by atoms with Crippen LogP contribution in [0.5, 0.6) is 0 Å². The maximum atomic E-state index is 13.0. The Bertz CT molecular complexity index is 573. The standard InChI is InChI=1S/C19H27N3O2/c23-18(22-11-1-2-13-24-22)17-4-3-7-19(17)8-12-21(15-19)14-16-5-9-20-10-6-16/h5-6,9-10,17H,1-4,7-8,11-15H2/t17-,19-/m0/s1. The summed E-state index contributed by atoms with van der Waals surface area (Å²) in [7, 11) is 0. The topological polar surface area (TPSA) is 45.7 Å². The molecule has 1 aromatic rings. The van der Waals surface area contributed by atoms with Crippen molar-refractivity contribution in [1.82, 2.24) is 14.9 Å². The molecule has 1 aliphatic carbocycles. The maximum absolute atomic E-state index is 13.0. The van der Waals surface area contributed by atoms with Crippen molar-refractivity contribution < 1.29 is 9.63 Å². The molecule has 1 aromatic heterocycles. The first-order valence-corrected chi connectivity index (χ1v) is 9.32. The maximum Gasteiger partial charge on any atom is 0.249 e. The average Bonchev–Trinajstić information content (AvgIpc) is 3.23. The second kappa shape index (κ2) is 6.81. The van der Waals surface area contributed by atoms with Crippen molar-refractivity contribution in [1.29, 1.82) is 0 Å². The van der Waals surface area contributed by atoms with E-state index in [9.17, 15) is 4.79 Å². The summed E-state index contributed by atoms with van der Waals surface area (Å²) in [4.78, 5) is 25.2. The van der Waals surface area contributed by atoms with Crippen LogP contribution in [-0.4, -0.2) is 47.1 Å². The van der Waals surface area contributed by atoms with Crippen LogP contribution in [0.15, 0.2) is 24.5 Å². The predicted molar refractivity (Wildman–Crippen MR) is 90.8 cm³/mol. The molecule has 1 amide bonds. The van der Waals surface area contributed by atoms with E-state index in [1.807, 2.05) is 12.4 Å². The Labute approximate surface area is 143 Å². The molecule has 5 nitrogen and oxygen atoms in total. The van der Waals surface area contributed by atoms with Crippen LogP contribution in [0.4, 0.5) is 0 Å². The lowest BCUT2D eigenvalue weighted by Crippen LogP contribution is -2.45. The first-order chi connectivity index (χ1) is 11.8. The zero-order valence-corrected chi connectivity index (χ0v) is 14.3. The van der Waals surface area contributed by atoms with Crippen LogP contribution in [0.3, 0.4) is 0 Å². The molecule has 2 atom stereocenters. The minimum absolute atomic E-state index is 0.151. The van der Waals surface area contributed by atoms with E-state index in [-0.39, 0.29) is 17.2 Å². The summed E-state index contributed by atoms with van der Waals surface area (Å²) in [6, 6.07) is 4.17. The number of nitrogens with zero attached hydrogens (tertiary/aromatic N) is 3. The summed E-state index contributed by atoms with van der Waals surface area (Å²) >= 11 is 0. The third kappa shape index (κ3) is 3.07. The molecule has 4 rings (SSSR count). The number of hydrogen-bond acceptors (Lipinski definition) is 4. The van der Waals surface area contributed by atoms with Crippen LogP contribution in [0.25, 0.3) is 0 Å². The van der Waals surface area contributed by atoms with E-state index in [1.165, 1.54) is 18.4 Å². The quantitative estimate of drug-likeness (QED) is 0.855. The highest BCUT2D eigenvalue weighted by Crippen LogP contribution is 2.50. The minimum Gasteiger partial charge on any atom is -0.298 e. The molecular formula is C19H27N3O2. The number of carbonyl (C=O) groups excluding carboxylic acids is 1. The number of hydroxylamine groups is 2. The lowest BCUT2D eigenvalue weighted by atomic mass is 9.76. The van der Waals surface area contributed by atoms with E-state index < -0.39 is 0 Å². The largest absolute Gasteiger partial charge is 0.298 e. The molecule has 1 saturated carbocycles. The Hall–Kier alpha value is -1.46. The van der Waals surface area contributed by atoms with E-state index >= 15 is 0 Å². The van der Waals surface area contributed by atoms with E-state index in [0.717, 1.165) is 51.9 Å². The SMILES string of the molecule is O=C([C@@H]1CCC[C@@]12CCN(Cc1ccncc1)C2)N1CCCCO1. The Morgan fingerprint density at radius 3 is 2.88 bits per heavy atom. The first-order valence-electron chi connectivity index (χ1n) is 9.32. The van der Waals surface area contributed by atoms with Crippen molar-refractivity contribution in [3.05, 3.63) is 30.1 Å². The van der Waals surface area contributed by atoms with Gasteiger partial charge in [-0.3, -0.25) is 19.5 Å². The molecule has 1 spiro atoms. The average molecular weight is 329 g/mol. The van der Waals surface area contributed by atoms with Gasteiger partial charge in [0.25, 0.3) is 0 Å². The van der Waals surface area contributed by atoms with Crippen LogP contribution in [0.2, 0.25) is 0 Å². The number of aromatic nitrogens is 1. The predicted octanol–water partition coefficient (Wildman–Crippen LogP) is 2.63. The molecule has 0 N–H and O–H groups in total. The molecule has 5 heteroatoms. The molecular weight excluding hydrogens is 302 g/mol. The highest BCUT2D eigenvalue weighted by molar-refractivity contribution is 5.79. The molecule has 3 heterocycles. The summed E-state index contributed by atoms with van der Waals surface area (Å²) in [6.45, 7) is 4.56. The summed E-state index contributed by atoms with van der Waals surface area (Å²) in [5.41, 5.74) is 1.48. The monoisotopic (exact) mass is 329 g/mol. The van der Waals surface area contributed by atoms with Gasteiger partial charge in [-0.25, -0.2) is 5.06 Å². The molecule has 0 bridgehead atoms. The van der Waals surface area contributed by atoms with Crippen molar-refractivity contribution in [2.75, 3.05) is 26.2 Å². The lowest BCUT2D eigenvalue weighted by molar-refractivity contribution is -0.204. The highest BCUT2D eigenvalue weighted by Gasteiger charge is 2.51. The second-order valence-electron chi connectivity index (χ2n) is 7.60. The molecule has 3 fully saturated rings. The van der Waals surface area contributed by atoms with E-state index in [1.54, 1.807) is 5.06 Å². The third-order valence-electron chi connectivity index (χ3n) is 6.07. The van der Waals surface area contributed by atoms with Crippen molar-refractivity contribution in [3.8, 4) is 0 Å². The summed E-state index contributed by atoms with van der Waals surface area (Å²) < 4.78 is 0. The van der Waals surface area contributed by atoms with E-state index in [0.29, 0.717) is 6.61 Å². The summed E-state index contributed by atoms with van der Waals surface area (Å²) in [5.74, 6) is 0.399. The van der Waals surface area contributed by atoms with Gasteiger partial charge in [0.05, 0.1) is 6.61 Å². The molecule has 2 saturated heterocycles. The van der Waals surface area contributed by atoms with Crippen LogP contribution >= 0.6 is 0 Å². The van der Waals surface area contributed by atoms with Gasteiger partial charge in [0.15, 0.2) is 0 Å². The van der Waals surface area contributed by atoms with E-state index in [4.69, 9.17) is 4.84 Å². The molecule has 2 aliphatic heterocycles. The fourth-order valence-electron chi connectivity index (χ4n) is 4.82. The smallest absolute Gasteiger partial charge is 0.249 e. The number of rotatable bonds is 3. The third-order valence-corrected chi connectivity index (χ3v) is 6.07. The van der Waals surface area contributed by atoms with Gasteiger partial charge in [-0.1, -0.05) is 6.42 Å². The van der Waals surface area contributed by atoms with Gasteiger partial charge in [-0.2, -0.15) is 0 Å². The van der Waals surface area contributed by atoms with Gasteiger partial charge >= 0.3 is 0 Å². The molecule has 130 valence electrons. The van der Waals surface area contributed by atoms with Crippen molar-refractivity contribution in [3.63, 3.8) is 0 Å². The van der Waals surface area contributed by atoms with Crippen molar-refractivity contribution in [2.45, 2.75) is 45.1 Å². The zero-order chi connectivity index (χ0) is 16.4. The minimum atomic E-state index is 0.151. The fraction of sp³-hybridized carbons (Fsp3) is 0.684. The number of likely N-dealkylation sites (tertiary alicyclic amines) is 1. The zero-order valence-electron chi connectivity index (χ0n) is 14.3. The van der Waals surface area contributed by atoms with Gasteiger partial charge in [-0.15, -0.1) is 0 Å². The Morgan fingerprint density at radius 1 is 1.21 bits per heavy atom. The molecule has 3 aliphatic rings. The summed E-state index contributed by atoms with van der Waals surface area (Å²) in [6.07, 6.45) is 10.4. The Morgan fingerprint density at radius 2 is 2.08 bits per heavy atom. The van der Waals surface area contributed by atoms with Crippen LogP contribution < -0.4 is 0 Å². The lowest BCUT2D eigenvalue weighted by Gasteiger charge is -2.35. The van der Waals surface area contributed by atoms with Crippen LogP contribution in [0, 0.1) is 11.3 Å². The molecule has 0 unspecified atom stereocenters. The van der Waals surface area contributed by atoms with Gasteiger partial charge in [-0.05, 0) is 61.8 Å². The second-order valence-corrected chi connectivity index (χ2v) is 7.60. The highest BCUT2D eigenvalue weighted by atomic mass is 16.7. The van der Waals surface area contributed by atoms with Crippen LogP contribution in [0.1, 0.15) is 44.1 Å². The number of pyridine rings is 1. The van der Waals surface area contributed by atoms with E-state index in [2.05, 4.69) is 22.0 Å². The molecule has 0 radical (unpaired) electrons. The molecule has 24 heavy (non-hydrogen) atoms. The number of carbonyl (C=O) groups is 1. The Balaban J connectivity index is 1.43. The van der Waals surface area contributed by atoms with Crippen molar-refractivity contribution >= 4 is 5.91 Å². The normalized spacial score (nSPS) is 31.0. The summed E-state index contributed by atoms with van der Waals surface area (Å²) in [5, 5.41) is 1.67. The van der Waals surface area contributed by atoms with Gasteiger partial charge in [0.1, 0.15) is 0 Å². The van der Waals surface area contributed by atoms with Crippen molar-refractivity contribution in [2.24, 2.45) is 11.3 Å². The van der Waals surface area contributed by atoms with Gasteiger partial charge < -0.3 is 0 Å². The fourth-order valence-corrected chi connectivity index (χ4v) is 4.82.